The smallest absolute Gasteiger partial charge is 0.292 e. The molecule has 28 heavy (non-hydrogen) atoms. The number of carbonyl (C=O) groups is 1. The number of hydrogen-bond donors (Lipinski definition) is 3. The van der Waals surface area contributed by atoms with Gasteiger partial charge in [-0.2, -0.15) is 4.68 Å². The topological polar surface area (TPSA) is 68.9 Å². The molecule has 0 atom stereocenters. The van der Waals surface area contributed by atoms with Gasteiger partial charge in [-0.05, 0) is 57.3 Å². The normalized spacial score (nSPS) is 20.1. The Morgan fingerprint density at radius 2 is 1.82 bits per heavy atom. The fraction of sp³-hybridized carbons (Fsp3) is 0.526. The lowest BCUT2D eigenvalue weighted by Crippen LogP contribution is -3.28. The monoisotopic (exact) mass is 409 g/mol. The van der Waals surface area contributed by atoms with Crippen molar-refractivity contribution in [2.24, 2.45) is 0 Å². The van der Waals surface area contributed by atoms with E-state index in [1.165, 1.54) is 21.9 Å². The zero-order valence-electron chi connectivity index (χ0n) is 16.5. The second-order valence-electron chi connectivity index (χ2n) is 8.31. The van der Waals surface area contributed by atoms with E-state index >= 15 is 0 Å². The van der Waals surface area contributed by atoms with Crippen LogP contribution in [0.2, 0.25) is 0 Å². The van der Waals surface area contributed by atoms with Gasteiger partial charge in [0, 0.05) is 11.1 Å². The zero-order valence-corrected chi connectivity index (χ0v) is 17.4. The fourth-order valence-electron chi connectivity index (χ4n) is 3.31. The maximum Gasteiger partial charge on any atom is 0.292 e. The summed E-state index contributed by atoms with van der Waals surface area (Å²) in [7, 11) is 0. The predicted molar refractivity (Wildman–Crippen MR) is 105 cm³/mol. The Hall–Kier alpha value is -2.10. The molecule has 9 heteroatoms. The molecule has 2 aromatic rings. The summed E-state index contributed by atoms with van der Waals surface area (Å²) in [5, 5.41) is 7.46. The van der Waals surface area contributed by atoms with E-state index in [4.69, 9.17) is 16.6 Å². The molecule has 1 saturated heterocycles. The van der Waals surface area contributed by atoms with Crippen LogP contribution in [0.3, 0.4) is 0 Å². The van der Waals surface area contributed by atoms with Gasteiger partial charge in [0.2, 0.25) is 5.89 Å². The molecule has 1 aliphatic rings. The van der Waals surface area contributed by atoms with Gasteiger partial charge in [-0.25, -0.2) is 4.39 Å². The molecule has 1 amide bonds. The Kier molecular flexibility index (Phi) is 6.26. The minimum absolute atomic E-state index is 0.0913. The maximum atomic E-state index is 13.1. The van der Waals surface area contributed by atoms with Crippen LogP contribution in [-0.2, 0) is 11.5 Å². The van der Waals surface area contributed by atoms with Crippen LogP contribution < -0.4 is 15.1 Å². The van der Waals surface area contributed by atoms with Crippen molar-refractivity contribution in [2.75, 3.05) is 32.7 Å². The van der Waals surface area contributed by atoms with Gasteiger partial charge in [0.05, 0.1) is 0 Å². The summed E-state index contributed by atoms with van der Waals surface area (Å²) in [5.74, 6) is 0.184. The van der Waals surface area contributed by atoms with Crippen molar-refractivity contribution >= 4 is 18.1 Å². The predicted octanol–water partition coefficient (Wildman–Crippen LogP) is -0.333. The Morgan fingerprint density at radius 1 is 1.21 bits per heavy atom. The first-order valence-electron chi connectivity index (χ1n) is 9.52. The van der Waals surface area contributed by atoms with Gasteiger partial charge in [0.15, 0.2) is 13.2 Å². The number of nitrogens with one attached hydrogen (secondary N) is 3. The van der Waals surface area contributed by atoms with Gasteiger partial charge >= 0.3 is 0 Å². The number of amides is 1. The van der Waals surface area contributed by atoms with E-state index in [1.54, 1.807) is 16.8 Å². The Morgan fingerprint density at radius 3 is 2.43 bits per heavy atom. The number of aromatic nitrogens is 2. The van der Waals surface area contributed by atoms with Crippen molar-refractivity contribution < 1.29 is 23.4 Å². The van der Waals surface area contributed by atoms with E-state index in [1.807, 2.05) is 20.8 Å². The molecule has 3 N–H and O–H groups in total. The second kappa shape index (κ2) is 8.50. The molecule has 1 aliphatic heterocycles. The molecular formula is C19H28FN5O2S+2. The molecule has 0 spiro atoms. The maximum absolute atomic E-state index is 13.1. The summed E-state index contributed by atoms with van der Waals surface area (Å²) in [6.45, 7) is 10.8. The lowest BCUT2D eigenvalue weighted by molar-refractivity contribution is -1.02. The number of rotatable bonds is 5. The Balaban J connectivity index is 1.53. The number of hydrogen-bond acceptors (Lipinski definition) is 4. The quantitative estimate of drug-likeness (QED) is 0.592. The molecule has 0 radical (unpaired) electrons. The van der Waals surface area contributed by atoms with Gasteiger partial charge < -0.3 is 19.5 Å². The van der Waals surface area contributed by atoms with Crippen molar-refractivity contribution in [3.63, 3.8) is 0 Å². The van der Waals surface area contributed by atoms with E-state index < -0.39 is 0 Å². The second-order valence-corrected chi connectivity index (χ2v) is 8.66. The number of piperazine rings is 1. The molecule has 0 unspecified atom stereocenters. The van der Waals surface area contributed by atoms with Gasteiger partial charge in [-0.1, -0.05) is 0 Å². The van der Waals surface area contributed by atoms with Crippen molar-refractivity contribution in [2.45, 2.75) is 33.0 Å². The molecule has 1 fully saturated rings. The highest BCUT2D eigenvalue weighted by molar-refractivity contribution is 7.71. The number of quaternary nitrogens is 2. The van der Waals surface area contributed by atoms with Crippen LogP contribution in [0.1, 0.15) is 20.8 Å². The number of carbonyl (C=O) groups excluding carboxylic acids is 1. The summed E-state index contributed by atoms with van der Waals surface area (Å²) in [4.78, 5) is 15.0. The van der Waals surface area contributed by atoms with Gasteiger partial charge in [-0.15, -0.1) is 5.10 Å². The van der Waals surface area contributed by atoms with Crippen LogP contribution >= 0.6 is 12.2 Å². The average Bonchev–Trinajstić information content (AvgIpc) is 2.96. The summed E-state index contributed by atoms with van der Waals surface area (Å²) in [6.07, 6.45) is 0. The third-order valence-electron chi connectivity index (χ3n) is 4.66. The van der Waals surface area contributed by atoms with Crippen molar-refractivity contribution in [3.8, 4) is 11.5 Å². The van der Waals surface area contributed by atoms with E-state index in [-0.39, 0.29) is 17.3 Å². The largest absolute Gasteiger partial charge is 0.409 e. The van der Waals surface area contributed by atoms with E-state index in [2.05, 4.69) is 10.4 Å². The van der Waals surface area contributed by atoms with Crippen LogP contribution in [0, 0.1) is 10.7 Å². The van der Waals surface area contributed by atoms with E-state index in [9.17, 15) is 9.18 Å². The van der Waals surface area contributed by atoms with Gasteiger partial charge in [0.1, 0.15) is 32.0 Å². The molecule has 0 bridgehead atoms. The van der Waals surface area contributed by atoms with Crippen molar-refractivity contribution in [3.05, 3.63) is 34.9 Å². The number of halogens is 1. The number of benzene rings is 1. The molecule has 152 valence electrons. The average molecular weight is 410 g/mol. The molecule has 2 heterocycles. The third kappa shape index (κ3) is 5.70. The Bertz CT molecular complexity index is 864. The number of nitrogens with zero attached hydrogens (tertiary/aromatic N) is 2. The minimum atomic E-state index is -0.303. The van der Waals surface area contributed by atoms with E-state index in [0.717, 1.165) is 26.2 Å². The summed E-state index contributed by atoms with van der Waals surface area (Å²) < 4.78 is 20.3. The summed E-state index contributed by atoms with van der Waals surface area (Å²) in [6, 6.07) is 5.99. The van der Waals surface area contributed by atoms with E-state index in [0.29, 0.717) is 29.5 Å². The summed E-state index contributed by atoms with van der Waals surface area (Å²) in [5.41, 5.74) is 0.496. The lowest BCUT2D eigenvalue weighted by atomic mass is 10.1. The fourth-order valence-corrected chi connectivity index (χ4v) is 3.49. The molecular weight excluding hydrogens is 381 g/mol. The van der Waals surface area contributed by atoms with Crippen LogP contribution in [0.4, 0.5) is 4.39 Å². The van der Waals surface area contributed by atoms with Gasteiger partial charge in [0.25, 0.3) is 10.7 Å². The molecule has 3 rings (SSSR count). The van der Waals surface area contributed by atoms with Crippen LogP contribution in [0.25, 0.3) is 11.5 Å². The molecule has 0 aliphatic carbocycles. The molecule has 1 aromatic carbocycles. The first-order valence-corrected chi connectivity index (χ1v) is 9.92. The highest BCUT2D eigenvalue weighted by Gasteiger charge is 2.27. The van der Waals surface area contributed by atoms with Crippen molar-refractivity contribution in [1.29, 1.82) is 0 Å². The van der Waals surface area contributed by atoms with Gasteiger partial charge in [-0.3, -0.25) is 4.79 Å². The zero-order chi connectivity index (χ0) is 20.3. The molecule has 7 nitrogen and oxygen atoms in total. The third-order valence-corrected chi connectivity index (χ3v) is 4.95. The molecule has 0 saturated carbocycles. The van der Waals surface area contributed by atoms with Crippen LogP contribution in [0.5, 0.6) is 0 Å². The first-order chi connectivity index (χ1) is 13.2. The van der Waals surface area contributed by atoms with Crippen LogP contribution in [-0.4, -0.2) is 54.0 Å². The standard InChI is InChI=1S/C19H26FN5O2S/c1-19(2,3)21-16(26)12-23-8-10-24(11-9-23)13-25-18(28)27-17(22-25)14-4-6-15(20)7-5-14/h4-7H,8-13H2,1-3H3,(H,21,26)/p+2. The summed E-state index contributed by atoms with van der Waals surface area (Å²) >= 11 is 5.29. The highest BCUT2D eigenvalue weighted by Crippen LogP contribution is 2.17. The SMILES string of the molecule is CC(C)(C)NC(=O)C[NH+]1CC[NH+](Cn2nc(-c3ccc(F)cc3)oc2=S)CC1. The van der Waals surface area contributed by atoms with Crippen LogP contribution in [0.15, 0.2) is 28.7 Å². The lowest BCUT2D eigenvalue weighted by Gasteiger charge is -2.30. The molecule has 1 aromatic heterocycles. The Labute approximate surface area is 169 Å². The first kappa shape index (κ1) is 20.6. The minimum Gasteiger partial charge on any atom is -0.409 e. The highest BCUT2D eigenvalue weighted by atomic mass is 32.1. The van der Waals surface area contributed by atoms with Crippen molar-refractivity contribution in [1.82, 2.24) is 15.1 Å².